The summed E-state index contributed by atoms with van der Waals surface area (Å²) in [5.41, 5.74) is 1.65. The van der Waals surface area contributed by atoms with Gasteiger partial charge in [-0.2, -0.15) is 0 Å². The molecule has 0 spiro atoms. The van der Waals surface area contributed by atoms with Crippen LogP contribution in [0.3, 0.4) is 0 Å². The van der Waals surface area contributed by atoms with Gasteiger partial charge >= 0.3 is 6.09 Å². The van der Waals surface area contributed by atoms with Gasteiger partial charge in [0, 0.05) is 39.3 Å². The van der Waals surface area contributed by atoms with Gasteiger partial charge in [0.05, 0.1) is 0 Å². The van der Waals surface area contributed by atoms with Crippen molar-refractivity contribution >= 4 is 17.7 Å². The number of carbonyl (C=O) groups is 2. The third-order valence-corrected chi connectivity index (χ3v) is 3.17. The summed E-state index contributed by atoms with van der Waals surface area (Å²) in [5.74, 6) is -0.0313. The molecule has 0 aliphatic carbocycles. The molecule has 0 fully saturated rings. The summed E-state index contributed by atoms with van der Waals surface area (Å²) in [7, 11) is 3.96. The standard InChI is InChI=1S/C18H29N3O3/c1-18(2,3)24-17(23)19-11-7-10-16(22)20-13-14-8-6-9-15(12-14)21(4)5/h6,8-9,12H,7,10-11,13H2,1-5H3,(H,19,23)(H,20,22). The second-order valence-electron chi connectivity index (χ2n) is 6.87. The molecule has 2 N–H and O–H groups in total. The lowest BCUT2D eigenvalue weighted by molar-refractivity contribution is -0.121. The van der Waals surface area contributed by atoms with E-state index in [1.54, 1.807) is 0 Å². The van der Waals surface area contributed by atoms with Gasteiger partial charge < -0.3 is 20.3 Å². The number of hydrogen-bond donors (Lipinski definition) is 2. The molecule has 1 aromatic carbocycles. The van der Waals surface area contributed by atoms with E-state index in [9.17, 15) is 9.59 Å². The number of benzene rings is 1. The topological polar surface area (TPSA) is 70.7 Å². The molecule has 0 radical (unpaired) electrons. The summed E-state index contributed by atoms with van der Waals surface area (Å²) in [6, 6.07) is 8.02. The van der Waals surface area contributed by atoms with E-state index in [0.717, 1.165) is 11.3 Å². The highest BCUT2D eigenvalue weighted by Gasteiger charge is 2.15. The Hall–Kier alpha value is -2.24. The molecule has 0 atom stereocenters. The molecule has 1 rings (SSSR count). The largest absolute Gasteiger partial charge is 0.444 e. The van der Waals surface area contributed by atoms with E-state index in [0.29, 0.717) is 25.9 Å². The van der Waals surface area contributed by atoms with Crippen molar-refractivity contribution < 1.29 is 14.3 Å². The van der Waals surface area contributed by atoms with Crippen LogP contribution in [0, 0.1) is 0 Å². The number of nitrogens with zero attached hydrogens (tertiary/aromatic N) is 1. The van der Waals surface area contributed by atoms with Crippen LogP contribution in [0.5, 0.6) is 0 Å². The van der Waals surface area contributed by atoms with Crippen molar-refractivity contribution in [3.05, 3.63) is 29.8 Å². The van der Waals surface area contributed by atoms with E-state index in [2.05, 4.69) is 10.6 Å². The minimum atomic E-state index is -0.511. The Labute approximate surface area is 144 Å². The Morgan fingerprint density at radius 1 is 1.17 bits per heavy atom. The molecule has 0 aliphatic rings. The Balaban J connectivity index is 2.23. The van der Waals surface area contributed by atoms with Gasteiger partial charge in [0.15, 0.2) is 0 Å². The van der Waals surface area contributed by atoms with Gasteiger partial charge in [0.2, 0.25) is 5.91 Å². The predicted molar refractivity (Wildman–Crippen MR) is 96.1 cm³/mol. The van der Waals surface area contributed by atoms with Crippen LogP contribution in [0.15, 0.2) is 24.3 Å². The molecule has 134 valence electrons. The molecule has 0 saturated heterocycles. The Kier molecular flexibility index (Phi) is 7.55. The Bertz CT molecular complexity index is 551. The smallest absolute Gasteiger partial charge is 0.407 e. The molecule has 0 heterocycles. The second-order valence-corrected chi connectivity index (χ2v) is 6.87. The molecule has 0 aliphatic heterocycles. The fourth-order valence-electron chi connectivity index (χ4n) is 1.99. The molecule has 6 nitrogen and oxygen atoms in total. The van der Waals surface area contributed by atoms with E-state index in [1.165, 1.54) is 0 Å². The first-order valence-corrected chi connectivity index (χ1v) is 8.17. The van der Waals surface area contributed by atoms with Crippen LogP contribution in [-0.4, -0.2) is 38.2 Å². The van der Waals surface area contributed by atoms with Crippen molar-refractivity contribution in [2.75, 3.05) is 25.5 Å². The number of hydrogen-bond acceptors (Lipinski definition) is 4. The van der Waals surface area contributed by atoms with Crippen molar-refractivity contribution in [3.63, 3.8) is 0 Å². The summed E-state index contributed by atoms with van der Waals surface area (Å²) in [5, 5.41) is 5.53. The van der Waals surface area contributed by atoms with Crippen LogP contribution >= 0.6 is 0 Å². The zero-order valence-corrected chi connectivity index (χ0v) is 15.3. The predicted octanol–water partition coefficient (Wildman–Crippen LogP) is 2.67. The molecule has 24 heavy (non-hydrogen) atoms. The number of alkyl carbamates (subject to hydrolysis) is 1. The van der Waals surface area contributed by atoms with Gasteiger partial charge in [-0.05, 0) is 44.9 Å². The van der Waals surface area contributed by atoms with Crippen molar-refractivity contribution in [1.82, 2.24) is 10.6 Å². The molecule has 0 aromatic heterocycles. The monoisotopic (exact) mass is 335 g/mol. The van der Waals surface area contributed by atoms with Gasteiger partial charge in [-0.15, -0.1) is 0 Å². The number of amides is 2. The van der Waals surface area contributed by atoms with Gasteiger partial charge in [-0.1, -0.05) is 12.1 Å². The first-order valence-electron chi connectivity index (χ1n) is 8.17. The lowest BCUT2D eigenvalue weighted by atomic mass is 10.2. The van der Waals surface area contributed by atoms with E-state index >= 15 is 0 Å². The fourth-order valence-corrected chi connectivity index (χ4v) is 1.99. The molecule has 1 aromatic rings. The number of carbonyl (C=O) groups excluding carboxylic acids is 2. The molecular weight excluding hydrogens is 306 g/mol. The van der Waals surface area contributed by atoms with Crippen LogP contribution in [0.2, 0.25) is 0 Å². The highest BCUT2D eigenvalue weighted by Crippen LogP contribution is 2.13. The molecule has 0 unspecified atom stereocenters. The van der Waals surface area contributed by atoms with Crippen molar-refractivity contribution in [2.24, 2.45) is 0 Å². The van der Waals surface area contributed by atoms with Gasteiger partial charge in [-0.3, -0.25) is 4.79 Å². The SMILES string of the molecule is CN(C)c1cccc(CNC(=O)CCCNC(=O)OC(C)(C)C)c1. The Morgan fingerprint density at radius 3 is 2.50 bits per heavy atom. The maximum Gasteiger partial charge on any atom is 0.407 e. The third-order valence-electron chi connectivity index (χ3n) is 3.17. The van der Waals surface area contributed by atoms with Crippen LogP contribution in [0.1, 0.15) is 39.2 Å². The Morgan fingerprint density at radius 2 is 1.88 bits per heavy atom. The highest BCUT2D eigenvalue weighted by molar-refractivity contribution is 5.76. The molecule has 2 amide bonds. The van der Waals surface area contributed by atoms with Crippen LogP contribution in [0.25, 0.3) is 0 Å². The minimum absolute atomic E-state index is 0.0313. The average molecular weight is 335 g/mol. The maximum absolute atomic E-state index is 11.8. The van der Waals surface area contributed by atoms with Crippen molar-refractivity contribution in [1.29, 1.82) is 0 Å². The highest BCUT2D eigenvalue weighted by atomic mass is 16.6. The zero-order valence-electron chi connectivity index (χ0n) is 15.3. The van der Waals surface area contributed by atoms with Gasteiger partial charge in [0.25, 0.3) is 0 Å². The number of anilines is 1. The molecule has 0 bridgehead atoms. The average Bonchev–Trinajstić information content (AvgIpc) is 2.48. The van der Waals surface area contributed by atoms with Crippen molar-refractivity contribution in [2.45, 2.75) is 45.8 Å². The summed E-state index contributed by atoms with van der Waals surface area (Å²) >= 11 is 0. The van der Waals surface area contributed by atoms with E-state index in [-0.39, 0.29) is 5.91 Å². The fraction of sp³-hybridized carbons (Fsp3) is 0.556. The number of nitrogens with one attached hydrogen (secondary N) is 2. The summed E-state index contributed by atoms with van der Waals surface area (Å²) in [6.07, 6.45) is 0.481. The summed E-state index contributed by atoms with van der Waals surface area (Å²) < 4.78 is 5.13. The van der Waals surface area contributed by atoms with E-state index in [1.807, 2.05) is 64.0 Å². The quantitative estimate of drug-likeness (QED) is 0.752. The number of rotatable bonds is 7. The molecular formula is C18H29N3O3. The van der Waals surface area contributed by atoms with Crippen LogP contribution in [0.4, 0.5) is 10.5 Å². The van der Waals surface area contributed by atoms with Crippen molar-refractivity contribution in [3.8, 4) is 0 Å². The van der Waals surface area contributed by atoms with Crippen LogP contribution in [-0.2, 0) is 16.1 Å². The second kappa shape index (κ2) is 9.15. The molecule has 6 heteroatoms. The number of ether oxygens (including phenoxy) is 1. The maximum atomic E-state index is 11.8. The summed E-state index contributed by atoms with van der Waals surface area (Å²) in [6.45, 7) is 6.35. The lowest BCUT2D eigenvalue weighted by Gasteiger charge is -2.19. The summed E-state index contributed by atoms with van der Waals surface area (Å²) in [4.78, 5) is 25.3. The first-order chi connectivity index (χ1) is 11.2. The van der Waals surface area contributed by atoms with Gasteiger partial charge in [0.1, 0.15) is 5.60 Å². The van der Waals surface area contributed by atoms with E-state index < -0.39 is 11.7 Å². The van der Waals surface area contributed by atoms with Crippen LogP contribution < -0.4 is 15.5 Å². The third kappa shape index (κ3) is 8.41. The van der Waals surface area contributed by atoms with Gasteiger partial charge in [-0.25, -0.2) is 4.79 Å². The van der Waals surface area contributed by atoms with E-state index in [4.69, 9.17) is 4.74 Å². The minimum Gasteiger partial charge on any atom is -0.444 e. The molecule has 0 saturated carbocycles. The zero-order chi connectivity index (χ0) is 18.2. The lowest BCUT2D eigenvalue weighted by Crippen LogP contribution is -2.33. The normalized spacial score (nSPS) is 10.9. The first kappa shape index (κ1) is 19.8.